The topological polar surface area (TPSA) is 71.3 Å². The standard InChI is InChI=1S/C7H10N2O3S/c10-3-1-8-6(11)5-9-2-4-13-7(9)12/h2,4,10H,1,3,5H2,(H,8,11). The number of carbonyl (C=O) groups is 1. The molecule has 0 aliphatic heterocycles. The molecule has 0 saturated carbocycles. The third-order valence-electron chi connectivity index (χ3n) is 1.39. The zero-order valence-corrected chi connectivity index (χ0v) is 7.71. The summed E-state index contributed by atoms with van der Waals surface area (Å²) in [5.74, 6) is -0.269. The van der Waals surface area contributed by atoms with E-state index in [1.54, 1.807) is 11.6 Å². The van der Waals surface area contributed by atoms with Crippen LogP contribution in [0, 0.1) is 0 Å². The number of hydrogen-bond acceptors (Lipinski definition) is 4. The lowest BCUT2D eigenvalue weighted by molar-refractivity contribution is -0.121. The predicted molar refractivity (Wildman–Crippen MR) is 48.7 cm³/mol. The Morgan fingerprint density at radius 2 is 2.46 bits per heavy atom. The van der Waals surface area contributed by atoms with Crippen molar-refractivity contribution in [1.82, 2.24) is 9.88 Å². The van der Waals surface area contributed by atoms with Crippen LogP contribution in [0.25, 0.3) is 0 Å². The third kappa shape index (κ3) is 3.00. The van der Waals surface area contributed by atoms with E-state index in [2.05, 4.69) is 5.32 Å². The quantitative estimate of drug-likeness (QED) is 0.659. The summed E-state index contributed by atoms with van der Waals surface area (Å²) in [6.07, 6.45) is 1.56. The Balaban J connectivity index is 2.46. The first-order valence-electron chi connectivity index (χ1n) is 3.75. The van der Waals surface area contributed by atoms with Crippen LogP contribution in [0.2, 0.25) is 0 Å². The number of aliphatic hydroxyl groups is 1. The second kappa shape index (κ2) is 4.78. The van der Waals surface area contributed by atoms with Gasteiger partial charge < -0.3 is 10.4 Å². The van der Waals surface area contributed by atoms with Crippen LogP contribution >= 0.6 is 11.3 Å². The number of carbonyl (C=O) groups excluding carboxylic acids is 1. The monoisotopic (exact) mass is 202 g/mol. The van der Waals surface area contributed by atoms with Crippen molar-refractivity contribution in [2.24, 2.45) is 0 Å². The summed E-state index contributed by atoms with van der Waals surface area (Å²) >= 11 is 1.05. The average molecular weight is 202 g/mol. The van der Waals surface area contributed by atoms with Crippen LogP contribution in [0.5, 0.6) is 0 Å². The SMILES string of the molecule is O=C(Cn1ccsc1=O)NCCO. The van der Waals surface area contributed by atoms with E-state index >= 15 is 0 Å². The second-order valence-corrected chi connectivity index (χ2v) is 3.23. The van der Waals surface area contributed by atoms with Crippen molar-refractivity contribution in [3.8, 4) is 0 Å². The molecular formula is C7H10N2O3S. The number of nitrogens with one attached hydrogen (secondary N) is 1. The largest absolute Gasteiger partial charge is 0.395 e. The van der Waals surface area contributed by atoms with Crippen LogP contribution < -0.4 is 10.2 Å². The molecule has 1 aromatic rings. The highest BCUT2D eigenvalue weighted by Crippen LogP contribution is 1.88. The van der Waals surface area contributed by atoms with E-state index in [-0.39, 0.29) is 30.5 Å². The van der Waals surface area contributed by atoms with Gasteiger partial charge in [0.15, 0.2) is 0 Å². The number of hydrogen-bond donors (Lipinski definition) is 2. The average Bonchev–Trinajstić information content (AvgIpc) is 2.48. The fourth-order valence-corrected chi connectivity index (χ4v) is 1.40. The first kappa shape index (κ1) is 9.94. The van der Waals surface area contributed by atoms with E-state index in [1.807, 2.05) is 0 Å². The lowest BCUT2D eigenvalue weighted by Gasteiger charge is -2.02. The summed E-state index contributed by atoms with van der Waals surface area (Å²) in [5, 5.41) is 12.5. The van der Waals surface area contributed by atoms with Crippen LogP contribution in [0.15, 0.2) is 16.4 Å². The number of aromatic nitrogens is 1. The molecule has 2 N–H and O–H groups in total. The number of thiazole rings is 1. The van der Waals surface area contributed by atoms with Crippen LogP contribution in [-0.2, 0) is 11.3 Å². The molecule has 1 aromatic heterocycles. The normalized spacial score (nSPS) is 9.92. The molecule has 72 valence electrons. The number of aliphatic hydroxyl groups excluding tert-OH is 1. The fraction of sp³-hybridized carbons (Fsp3) is 0.429. The van der Waals surface area contributed by atoms with Crippen molar-refractivity contribution in [3.63, 3.8) is 0 Å². The maximum atomic E-state index is 11.0. The molecule has 6 heteroatoms. The number of rotatable bonds is 4. The summed E-state index contributed by atoms with van der Waals surface area (Å²) in [4.78, 5) is 21.9. The molecule has 0 spiro atoms. The Morgan fingerprint density at radius 3 is 3.00 bits per heavy atom. The van der Waals surface area contributed by atoms with Crippen molar-refractivity contribution in [2.75, 3.05) is 13.2 Å². The predicted octanol–water partition coefficient (Wildman–Crippen LogP) is -0.982. The van der Waals surface area contributed by atoms with Gasteiger partial charge in [0.25, 0.3) is 0 Å². The van der Waals surface area contributed by atoms with Gasteiger partial charge in [-0.05, 0) is 0 Å². The van der Waals surface area contributed by atoms with Gasteiger partial charge in [0, 0.05) is 18.1 Å². The van der Waals surface area contributed by atoms with Gasteiger partial charge in [-0.25, -0.2) is 0 Å². The van der Waals surface area contributed by atoms with Crippen molar-refractivity contribution < 1.29 is 9.90 Å². The molecule has 0 aliphatic rings. The highest BCUT2D eigenvalue weighted by molar-refractivity contribution is 7.07. The summed E-state index contributed by atoms with van der Waals surface area (Å²) in [6, 6.07) is 0. The number of nitrogens with zero attached hydrogens (tertiary/aromatic N) is 1. The van der Waals surface area contributed by atoms with Crippen LogP contribution in [0.3, 0.4) is 0 Å². The minimum Gasteiger partial charge on any atom is -0.395 e. The lowest BCUT2D eigenvalue weighted by atomic mass is 10.5. The van der Waals surface area contributed by atoms with Crippen molar-refractivity contribution in [2.45, 2.75) is 6.54 Å². The Bertz CT molecular complexity index is 330. The summed E-state index contributed by atoms with van der Waals surface area (Å²) in [7, 11) is 0. The Labute approximate surface area is 78.6 Å². The highest BCUT2D eigenvalue weighted by atomic mass is 32.1. The van der Waals surface area contributed by atoms with Crippen LogP contribution in [-0.4, -0.2) is 28.7 Å². The maximum Gasteiger partial charge on any atom is 0.307 e. The van der Waals surface area contributed by atoms with Gasteiger partial charge in [-0.1, -0.05) is 11.3 Å². The molecule has 0 radical (unpaired) electrons. The Kier molecular flexibility index (Phi) is 3.66. The van der Waals surface area contributed by atoms with Gasteiger partial charge in [0.2, 0.25) is 5.91 Å². The van der Waals surface area contributed by atoms with E-state index in [0.717, 1.165) is 11.3 Å². The van der Waals surface area contributed by atoms with Gasteiger partial charge in [-0.15, -0.1) is 0 Å². The van der Waals surface area contributed by atoms with E-state index in [1.165, 1.54) is 4.57 Å². The minimum absolute atomic E-state index is 0.0162. The van der Waals surface area contributed by atoms with Crippen LogP contribution in [0.1, 0.15) is 0 Å². The van der Waals surface area contributed by atoms with Crippen LogP contribution in [0.4, 0.5) is 0 Å². The molecule has 0 bridgehead atoms. The lowest BCUT2D eigenvalue weighted by Crippen LogP contribution is -2.31. The van der Waals surface area contributed by atoms with Gasteiger partial charge in [0.1, 0.15) is 6.54 Å². The van der Waals surface area contributed by atoms with Gasteiger partial charge in [-0.3, -0.25) is 14.2 Å². The summed E-state index contributed by atoms with van der Waals surface area (Å²) < 4.78 is 1.32. The van der Waals surface area contributed by atoms with Gasteiger partial charge >= 0.3 is 4.87 Å². The third-order valence-corrected chi connectivity index (χ3v) is 2.09. The van der Waals surface area contributed by atoms with E-state index in [4.69, 9.17) is 5.11 Å². The van der Waals surface area contributed by atoms with Crippen molar-refractivity contribution in [1.29, 1.82) is 0 Å². The molecule has 1 rings (SSSR count). The summed E-state index contributed by atoms with van der Waals surface area (Å²) in [6.45, 7) is 0.143. The molecule has 0 fully saturated rings. The molecule has 0 unspecified atom stereocenters. The van der Waals surface area contributed by atoms with Gasteiger partial charge in [0.05, 0.1) is 6.61 Å². The van der Waals surface area contributed by atoms with Crippen molar-refractivity contribution >= 4 is 17.2 Å². The first-order chi connectivity index (χ1) is 6.24. The smallest absolute Gasteiger partial charge is 0.307 e. The van der Waals surface area contributed by atoms with Gasteiger partial charge in [-0.2, -0.15) is 0 Å². The Morgan fingerprint density at radius 1 is 1.69 bits per heavy atom. The second-order valence-electron chi connectivity index (χ2n) is 2.37. The Hall–Kier alpha value is -1.14. The molecule has 5 nitrogen and oxygen atoms in total. The molecule has 0 saturated heterocycles. The molecule has 0 aliphatic carbocycles. The molecule has 1 amide bonds. The number of amides is 1. The molecule has 13 heavy (non-hydrogen) atoms. The zero-order valence-electron chi connectivity index (χ0n) is 6.90. The van der Waals surface area contributed by atoms with Crippen molar-refractivity contribution in [3.05, 3.63) is 21.2 Å². The molecule has 0 aromatic carbocycles. The molecular weight excluding hydrogens is 192 g/mol. The van der Waals surface area contributed by atoms with E-state index in [9.17, 15) is 9.59 Å². The zero-order chi connectivity index (χ0) is 9.68. The highest BCUT2D eigenvalue weighted by Gasteiger charge is 2.03. The molecule has 1 heterocycles. The van der Waals surface area contributed by atoms with E-state index < -0.39 is 0 Å². The van der Waals surface area contributed by atoms with E-state index in [0.29, 0.717) is 0 Å². The minimum atomic E-state index is -0.269. The fourth-order valence-electron chi connectivity index (χ4n) is 0.814. The maximum absolute atomic E-state index is 11.0. The first-order valence-corrected chi connectivity index (χ1v) is 4.63. The molecule has 0 atom stereocenters. The summed E-state index contributed by atoms with van der Waals surface area (Å²) in [5.41, 5.74) is 0.